The number of hydrogen-bond acceptors (Lipinski definition) is 2. The van der Waals surface area contributed by atoms with E-state index >= 15 is 0 Å². The average Bonchev–Trinajstić information content (AvgIpc) is 3.00. The molecule has 0 amide bonds. The van der Waals surface area contributed by atoms with Crippen LogP contribution in [0.2, 0.25) is 0 Å². The summed E-state index contributed by atoms with van der Waals surface area (Å²) >= 11 is 0. The van der Waals surface area contributed by atoms with Crippen LogP contribution in [-0.2, 0) is 9.47 Å². The molecule has 0 aromatic rings. The van der Waals surface area contributed by atoms with E-state index in [9.17, 15) is 0 Å². The van der Waals surface area contributed by atoms with Crippen molar-refractivity contribution in [3.8, 4) is 0 Å². The molecule has 246 valence electrons. The molecule has 0 saturated carbocycles. The highest BCUT2D eigenvalue weighted by molar-refractivity contribution is 4.93. The topological polar surface area (TPSA) is 18.5 Å². The average molecular weight is 587 g/mol. The van der Waals surface area contributed by atoms with Gasteiger partial charge in [0.15, 0.2) is 0 Å². The first-order valence-electron chi connectivity index (χ1n) is 18.6. The second kappa shape index (κ2) is 37.9. The normalized spacial score (nSPS) is 13.1. The Bertz CT molecular complexity index is 603. The number of allylic oxidation sites excluding steroid dienone is 8. The molecule has 0 aliphatic heterocycles. The molecule has 0 saturated heterocycles. The van der Waals surface area contributed by atoms with Crippen LogP contribution in [-0.4, -0.2) is 25.9 Å². The molecule has 0 aromatic heterocycles. The Morgan fingerprint density at radius 2 is 0.786 bits per heavy atom. The molecule has 0 unspecified atom stereocenters. The van der Waals surface area contributed by atoms with Gasteiger partial charge < -0.3 is 9.47 Å². The summed E-state index contributed by atoms with van der Waals surface area (Å²) in [5.74, 6) is 0. The third kappa shape index (κ3) is 35.1. The van der Waals surface area contributed by atoms with Crippen LogP contribution in [0.5, 0.6) is 0 Å². The molecule has 0 aromatic carbocycles. The molecule has 0 N–H and O–H groups in total. The van der Waals surface area contributed by atoms with Gasteiger partial charge in [-0.3, -0.25) is 0 Å². The lowest BCUT2D eigenvalue weighted by atomic mass is 10.1. The van der Waals surface area contributed by atoms with Crippen molar-refractivity contribution >= 4 is 0 Å². The molecule has 0 aliphatic carbocycles. The minimum Gasteiger partial charge on any atom is -0.379 e. The van der Waals surface area contributed by atoms with Crippen LogP contribution < -0.4 is 0 Å². The Balaban J connectivity index is 3.38. The van der Waals surface area contributed by atoms with Crippen molar-refractivity contribution in [2.24, 2.45) is 0 Å². The van der Waals surface area contributed by atoms with Gasteiger partial charge in [-0.2, -0.15) is 0 Å². The molecule has 0 heterocycles. The molecular weight excluding hydrogens is 512 g/mol. The Morgan fingerprint density at radius 1 is 0.405 bits per heavy atom. The van der Waals surface area contributed by atoms with Gasteiger partial charge >= 0.3 is 0 Å². The van der Waals surface area contributed by atoms with Gasteiger partial charge in [0.25, 0.3) is 0 Å². The predicted molar refractivity (Wildman–Crippen MR) is 190 cm³/mol. The largest absolute Gasteiger partial charge is 0.379 e. The fourth-order valence-corrected chi connectivity index (χ4v) is 5.03. The summed E-state index contributed by atoms with van der Waals surface area (Å²) in [5, 5.41) is 0. The van der Waals surface area contributed by atoms with E-state index in [0.29, 0.717) is 0 Å². The molecule has 0 rings (SSSR count). The first-order valence-corrected chi connectivity index (χ1v) is 18.6. The van der Waals surface area contributed by atoms with Crippen LogP contribution in [0.4, 0.5) is 0 Å². The summed E-state index contributed by atoms with van der Waals surface area (Å²) < 4.78 is 12.0. The van der Waals surface area contributed by atoms with E-state index < -0.39 is 0 Å². The number of ether oxygens (including phenoxy) is 2. The number of hydrogen-bond donors (Lipinski definition) is 0. The summed E-state index contributed by atoms with van der Waals surface area (Å²) in [7, 11) is 0. The minimum absolute atomic E-state index is 0.271. The third-order valence-corrected chi connectivity index (χ3v) is 7.95. The summed E-state index contributed by atoms with van der Waals surface area (Å²) in [4.78, 5) is 0. The van der Waals surface area contributed by atoms with Crippen LogP contribution in [0.15, 0.2) is 48.6 Å². The molecule has 2 nitrogen and oxygen atoms in total. The molecule has 0 aliphatic rings. The van der Waals surface area contributed by atoms with Gasteiger partial charge in [-0.25, -0.2) is 0 Å². The lowest BCUT2D eigenvalue weighted by Crippen LogP contribution is -2.20. The quantitative estimate of drug-likeness (QED) is 0.0551. The minimum atomic E-state index is 0.271. The first-order chi connectivity index (χ1) is 20.8. The van der Waals surface area contributed by atoms with Crippen molar-refractivity contribution in [3.05, 3.63) is 48.6 Å². The molecule has 0 bridgehead atoms. The SMILES string of the molecule is CCCCC/C=C\C/C=C\CCCCCCCCOC[C@H](CC)OCCCCCCCC/C=C\C/C=C\CCCCC. The summed E-state index contributed by atoms with van der Waals surface area (Å²) in [5.41, 5.74) is 0. The van der Waals surface area contributed by atoms with E-state index in [4.69, 9.17) is 9.47 Å². The maximum atomic E-state index is 6.09. The van der Waals surface area contributed by atoms with Crippen molar-refractivity contribution in [2.75, 3.05) is 19.8 Å². The van der Waals surface area contributed by atoms with Crippen LogP contribution in [0.1, 0.15) is 181 Å². The van der Waals surface area contributed by atoms with Gasteiger partial charge in [0.2, 0.25) is 0 Å². The summed E-state index contributed by atoms with van der Waals surface area (Å²) in [6, 6.07) is 0. The first kappa shape index (κ1) is 40.9. The number of unbranched alkanes of at least 4 members (excludes halogenated alkanes) is 18. The molecule has 1 atom stereocenters. The van der Waals surface area contributed by atoms with Gasteiger partial charge in [0, 0.05) is 13.2 Å². The Labute approximate surface area is 264 Å². The highest BCUT2D eigenvalue weighted by atomic mass is 16.5. The molecule has 42 heavy (non-hydrogen) atoms. The Morgan fingerprint density at radius 3 is 1.21 bits per heavy atom. The van der Waals surface area contributed by atoms with E-state index in [1.165, 1.54) is 141 Å². The van der Waals surface area contributed by atoms with Gasteiger partial charge in [0.1, 0.15) is 0 Å². The molecule has 0 radical (unpaired) electrons. The summed E-state index contributed by atoms with van der Waals surface area (Å²) in [6.07, 6.45) is 51.0. The zero-order valence-corrected chi connectivity index (χ0v) is 28.8. The van der Waals surface area contributed by atoms with Gasteiger partial charge in [0.05, 0.1) is 12.7 Å². The highest BCUT2D eigenvalue weighted by Crippen LogP contribution is 2.11. The van der Waals surface area contributed by atoms with E-state index in [2.05, 4.69) is 69.4 Å². The van der Waals surface area contributed by atoms with Crippen LogP contribution in [0.3, 0.4) is 0 Å². The summed E-state index contributed by atoms with van der Waals surface area (Å²) in [6.45, 7) is 9.29. The Kier molecular flexibility index (Phi) is 36.9. The van der Waals surface area contributed by atoms with Crippen LogP contribution >= 0.6 is 0 Å². The lowest BCUT2D eigenvalue weighted by Gasteiger charge is -2.16. The number of rotatable bonds is 34. The second-order valence-corrected chi connectivity index (χ2v) is 12.1. The fourth-order valence-electron chi connectivity index (χ4n) is 5.03. The van der Waals surface area contributed by atoms with Crippen molar-refractivity contribution in [1.29, 1.82) is 0 Å². The van der Waals surface area contributed by atoms with Crippen molar-refractivity contribution in [1.82, 2.24) is 0 Å². The standard InChI is InChI=1S/C40H74O2/c1-4-7-9-11-13-15-17-19-21-23-25-27-29-31-33-35-37-41-39-40(6-3)42-38-36-34-32-30-28-26-24-22-20-18-16-14-12-10-8-5-2/h13-16,19-22,40H,4-12,17-18,23-39H2,1-3H3/b15-13-,16-14-,21-19-,22-20-/t40-/m0/s1. The smallest absolute Gasteiger partial charge is 0.0805 e. The zero-order chi connectivity index (χ0) is 30.4. The van der Waals surface area contributed by atoms with E-state index in [-0.39, 0.29) is 6.10 Å². The van der Waals surface area contributed by atoms with Crippen LogP contribution in [0, 0.1) is 0 Å². The Hall–Kier alpha value is -1.12. The maximum absolute atomic E-state index is 6.09. The lowest BCUT2D eigenvalue weighted by molar-refractivity contribution is -0.0200. The fraction of sp³-hybridized carbons (Fsp3) is 0.800. The third-order valence-electron chi connectivity index (χ3n) is 7.95. The van der Waals surface area contributed by atoms with Crippen molar-refractivity contribution < 1.29 is 9.47 Å². The van der Waals surface area contributed by atoms with E-state index in [1.54, 1.807) is 0 Å². The van der Waals surface area contributed by atoms with Gasteiger partial charge in [-0.05, 0) is 83.5 Å². The van der Waals surface area contributed by atoms with E-state index in [1.807, 2.05) is 0 Å². The molecule has 2 heteroatoms. The molecular formula is C40H74O2. The zero-order valence-electron chi connectivity index (χ0n) is 28.8. The van der Waals surface area contributed by atoms with Crippen molar-refractivity contribution in [2.45, 2.75) is 187 Å². The van der Waals surface area contributed by atoms with Gasteiger partial charge in [-0.15, -0.1) is 0 Å². The van der Waals surface area contributed by atoms with E-state index in [0.717, 1.165) is 39.1 Å². The molecule has 0 fully saturated rings. The monoisotopic (exact) mass is 587 g/mol. The van der Waals surface area contributed by atoms with Crippen molar-refractivity contribution in [3.63, 3.8) is 0 Å². The maximum Gasteiger partial charge on any atom is 0.0805 e. The second-order valence-electron chi connectivity index (χ2n) is 12.1. The van der Waals surface area contributed by atoms with Gasteiger partial charge in [-0.1, -0.05) is 146 Å². The highest BCUT2D eigenvalue weighted by Gasteiger charge is 2.06. The molecule has 0 spiro atoms. The van der Waals surface area contributed by atoms with Crippen LogP contribution in [0.25, 0.3) is 0 Å². The predicted octanol–water partition coefficient (Wildman–Crippen LogP) is 13.4.